The first-order chi connectivity index (χ1) is 6.81. The van der Waals surface area contributed by atoms with E-state index in [4.69, 9.17) is 5.73 Å². The van der Waals surface area contributed by atoms with Gasteiger partial charge in [-0.2, -0.15) is 5.10 Å². The number of rotatable bonds is 2. The van der Waals surface area contributed by atoms with Crippen LogP contribution >= 0.6 is 11.8 Å². The minimum absolute atomic E-state index is 0.543. The predicted octanol–water partition coefficient (Wildman–Crippen LogP) is 2.18. The molecule has 0 saturated carbocycles. The molecule has 0 aliphatic heterocycles. The van der Waals surface area contributed by atoms with Gasteiger partial charge in [-0.05, 0) is 18.4 Å². The van der Waals surface area contributed by atoms with Crippen molar-refractivity contribution < 1.29 is 0 Å². The molecule has 1 aromatic heterocycles. The van der Waals surface area contributed by atoms with Gasteiger partial charge in [-0.15, -0.1) is 11.8 Å². The number of nitrogens with two attached hydrogens (primary N) is 1. The van der Waals surface area contributed by atoms with Crippen LogP contribution in [0.4, 0.5) is 5.82 Å². The Morgan fingerprint density at radius 3 is 2.71 bits per heavy atom. The van der Waals surface area contributed by atoms with Crippen molar-refractivity contribution in [2.45, 2.75) is 4.90 Å². The van der Waals surface area contributed by atoms with Crippen LogP contribution in [0.15, 0.2) is 41.4 Å². The van der Waals surface area contributed by atoms with Crippen LogP contribution in [-0.4, -0.2) is 16.0 Å². The molecule has 2 aromatic rings. The Labute approximate surface area is 86.9 Å². The molecule has 14 heavy (non-hydrogen) atoms. The van der Waals surface area contributed by atoms with E-state index in [1.807, 2.05) is 30.7 Å². The highest BCUT2D eigenvalue weighted by Crippen LogP contribution is 2.23. The molecule has 0 spiro atoms. The van der Waals surface area contributed by atoms with E-state index in [-0.39, 0.29) is 0 Å². The van der Waals surface area contributed by atoms with Gasteiger partial charge in [0.25, 0.3) is 0 Å². The van der Waals surface area contributed by atoms with Crippen molar-refractivity contribution in [3.8, 4) is 5.69 Å². The molecule has 2 N–H and O–H groups in total. The predicted molar refractivity (Wildman–Crippen MR) is 59.8 cm³/mol. The number of hydrogen-bond donors (Lipinski definition) is 1. The van der Waals surface area contributed by atoms with E-state index >= 15 is 0 Å². The van der Waals surface area contributed by atoms with Crippen LogP contribution in [0.25, 0.3) is 5.69 Å². The fourth-order valence-electron chi connectivity index (χ4n) is 1.29. The third-order valence-corrected chi connectivity index (χ3v) is 2.73. The highest BCUT2D eigenvalue weighted by Gasteiger charge is 2.03. The van der Waals surface area contributed by atoms with Gasteiger partial charge in [-0.3, -0.25) is 0 Å². The quantitative estimate of drug-likeness (QED) is 0.764. The number of thioether (sulfide) groups is 1. The largest absolute Gasteiger partial charge is 0.382 e. The molecule has 1 aromatic carbocycles. The zero-order chi connectivity index (χ0) is 9.97. The third-order valence-electron chi connectivity index (χ3n) is 1.94. The summed E-state index contributed by atoms with van der Waals surface area (Å²) in [6, 6.07) is 9.89. The molecule has 0 aliphatic rings. The monoisotopic (exact) mass is 205 g/mol. The molecule has 0 fully saturated rings. The minimum atomic E-state index is 0.543. The number of aromatic nitrogens is 2. The van der Waals surface area contributed by atoms with Gasteiger partial charge in [-0.25, -0.2) is 4.68 Å². The molecule has 0 aliphatic carbocycles. The fraction of sp³-hybridized carbons (Fsp3) is 0.100. The fourth-order valence-corrected chi connectivity index (χ4v) is 1.88. The first kappa shape index (κ1) is 9.15. The van der Waals surface area contributed by atoms with Gasteiger partial charge in [0.1, 0.15) is 5.82 Å². The molecule has 2 rings (SSSR count). The van der Waals surface area contributed by atoms with Crippen molar-refractivity contribution in [2.75, 3.05) is 12.0 Å². The molecule has 72 valence electrons. The Morgan fingerprint density at radius 2 is 2.07 bits per heavy atom. The Bertz CT molecular complexity index is 436. The normalized spacial score (nSPS) is 10.4. The number of nitrogens with zero attached hydrogens (tertiary/aromatic N) is 2. The summed E-state index contributed by atoms with van der Waals surface area (Å²) in [4.78, 5) is 1.19. The molecule has 0 amide bonds. The van der Waals surface area contributed by atoms with Crippen LogP contribution in [0.5, 0.6) is 0 Å². The lowest BCUT2D eigenvalue weighted by Gasteiger charge is -2.05. The molecular weight excluding hydrogens is 194 g/mol. The summed E-state index contributed by atoms with van der Waals surface area (Å²) in [5, 5.41) is 4.17. The van der Waals surface area contributed by atoms with Crippen LogP contribution < -0.4 is 5.73 Å². The number of hydrogen-bond acceptors (Lipinski definition) is 3. The zero-order valence-electron chi connectivity index (χ0n) is 7.84. The van der Waals surface area contributed by atoms with Crippen LogP contribution in [0.1, 0.15) is 0 Å². The lowest BCUT2D eigenvalue weighted by molar-refractivity contribution is 0.867. The zero-order valence-corrected chi connectivity index (χ0v) is 8.66. The second kappa shape index (κ2) is 3.75. The topological polar surface area (TPSA) is 43.8 Å². The molecule has 3 nitrogen and oxygen atoms in total. The van der Waals surface area contributed by atoms with Gasteiger partial charge >= 0.3 is 0 Å². The Balaban J connectivity index is 2.50. The van der Waals surface area contributed by atoms with Crippen LogP contribution in [0, 0.1) is 0 Å². The summed E-state index contributed by atoms with van der Waals surface area (Å²) < 4.78 is 1.79. The minimum Gasteiger partial charge on any atom is -0.382 e. The average Bonchev–Trinajstić information content (AvgIpc) is 2.65. The van der Waals surface area contributed by atoms with Gasteiger partial charge in [0, 0.05) is 17.2 Å². The molecule has 0 unspecified atom stereocenters. The first-order valence-corrected chi connectivity index (χ1v) is 5.48. The van der Waals surface area contributed by atoms with Gasteiger partial charge < -0.3 is 5.73 Å². The molecular formula is C10H11N3S. The van der Waals surface area contributed by atoms with Crippen molar-refractivity contribution in [3.63, 3.8) is 0 Å². The molecule has 0 saturated heterocycles. The summed E-state index contributed by atoms with van der Waals surface area (Å²) in [7, 11) is 0. The van der Waals surface area contributed by atoms with Crippen LogP contribution in [-0.2, 0) is 0 Å². The molecule has 4 heteroatoms. The molecule has 0 radical (unpaired) electrons. The van der Waals surface area contributed by atoms with Crippen molar-refractivity contribution in [2.24, 2.45) is 0 Å². The molecule has 0 atom stereocenters. The maximum Gasteiger partial charge on any atom is 0.145 e. The number of para-hydroxylation sites is 1. The van der Waals surface area contributed by atoms with Crippen molar-refractivity contribution in [1.82, 2.24) is 9.78 Å². The highest BCUT2D eigenvalue weighted by molar-refractivity contribution is 7.98. The second-order valence-corrected chi connectivity index (χ2v) is 3.71. The SMILES string of the molecule is CSc1ccccc1-n1ccc(N)n1. The molecule has 0 bridgehead atoms. The Hall–Kier alpha value is -1.42. The van der Waals surface area contributed by atoms with E-state index in [9.17, 15) is 0 Å². The van der Waals surface area contributed by atoms with Crippen LogP contribution in [0.3, 0.4) is 0 Å². The van der Waals surface area contributed by atoms with E-state index in [0.29, 0.717) is 5.82 Å². The standard InChI is InChI=1S/C10H11N3S/c1-14-9-5-3-2-4-8(9)13-7-6-10(11)12-13/h2-7H,1H3,(H2,11,12). The van der Waals surface area contributed by atoms with Crippen molar-refractivity contribution >= 4 is 17.6 Å². The van der Waals surface area contributed by atoms with Crippen molar-refractivity contribution in [1.29, 1.82) is 0 Å². The molecule has 1 heterocycles. The second-order valence-electron chi connectivity index (χ2n) is 2.86. The summed E-state index contributed by atoms with van der Waals surface area (Å²) in [6.45, 7) is 0. The number of anilines is 1. The van der Waals surface area contributed by atoms with Gasteiger partial charge in [-0.1, -0.05) is 12.1 Å². The average molecular weight is 205 g/mol. The maximum atomic E-state index is 5.57. The Kier molecular flexibility index (Phi) is 2.45. The number of nitrogen functional groups attached to an aromatic ring is 1. The lowest BCUT2D eigenvalue weighted by Crippen LogP contribution is -1.97. The number of benzene rings is 1. The van der Waals surface area contributed by atoms with E-state index in [2.05, 4.69) is 11.2 Å². The van der Waals surface area contributed by atoms with E-state index in [1.165, 1.54) is 4.90 Å². The summed E-state index contributed by atoms with van der Waals surface area (Å²) in [5.41, 5.74) is 6.64. The van der Waals surface area contributed by atoms with Gasteiger partial charge in [0.2, 0.25) is 0 Å². The summed E-state index contributed by atoms with van der Waals surface area (Å²) in [5.74, 6) is 0.543. The third kappa shape index (κ3) is 1.61. The highest BCUT2D eigenvalue weighted by atomic mass is 32.2. The van der Waals surface area contributed by atoms with Gasteiger partial charge in [0.15, 0.2) is 0 Å². The van der Waals surface area contributed by atoms with Gasteiger partial charge in [0.05, 0.1) is 5.69 Å². The van der Waals surface area contributed by atoms with E-state index < -0.39 is 0 Å². The Morgan fingerprint density at radius 1 is 1.29 bits per heavy atom. The first-order valence-electron chi connectivity index (χ1n) is 4.26. The maximum absolute atomic E-state index is 5.57. The van der Waals surface area contributed by atoms with Crippen molar-refractivity contribution in [3.05, 3.63) is 36.5 Å². The van der Waals surface area contributed by atoms with Crippen LogP contribution in [0.2, 0.25) is 0 Å². The summed E-state index contributed by atoms with van der Waals surface area (Å²) in [6.07, 6.45) is 3.91. The lowest BCUT2D eigenvalue weighted by atomic mass is 10.3. The smallest absolute Gasteiger partial charge is 0.145 e. The van der Waals surface area contributed by atoms with E-state index in [1.54, 1.807) is 22.5 Å². The summed E-state index contributed by atoms with van der Waals surface area (Å²) >= 11 is 1.70. The van der Waals surface area contributed by atoms with E-state index in [0.717, 1.165) is 5.69 Å².